The fraction of sp³-hybridized carbons (Fsp3) is 0.333. The highest BCUT2D eigenvalue weighted by molar-refractivity contribution is 5.62. The Kier molecular flexibility index (Phi) is 4.00. The van der Waals surface area contributed by atoms with Gasteiger partial charge in [-0.05, 0) is 54.7 Å². The van der Waals surface area contributed by atoms with Crippen LogP contribution >= 0.6 is 0 Å². The predicted octanol–water partition coefficient (Wildman–Crippen LogP) is 3.27. The van der Waals surface area contributed by atoms with Gasteiger partial charge in [0.15, 0.2) is 0 Å². The van der Waals surface area contributed by atoms with Crippen LogP contribution in [0.15, 0.2) is 42.5 Å². The Morgan fingerprint density at radius 1 is 1.14 bits per heavy atom. The molecule has 21 heavy (non-hydrogen) atoms. The van der Waals surface area contributed by atoms with E-state index >= 15 is 0 Å². The maximum absolute atomic E-state index is 5.94. The van der Waals surface area contributed by atoms with Crippen LogP contribution in [0.3, 0.4) is 0 Å². The van der Waals surface area contributed by atoms with Crippen LogP contribution in [0.4, 0.5) is 11.4 Å². The van der Waals surface area contributed by atoms with E-state index in [2.05, 4.69) is 29.2 Å². The molecule has 110 valence electrons. The minimum absolute atomic E-state index is 0.852. The number of nitrogen functional groups attached to an aromatic ring is 1. The Hall–Kier alpha value is -2.16. The standard InChI is InChI=1S/C18H22N2O/c1-21-17-8-4-14(5-9-17)10-12-20-11-2-3-15-6-7-16(19)13-18(15)20/h4-9,13H,2-3,10-12,19H2,1H3. The van der Waals surface area contributed by atoms with Gasteiger partial charge in [-0.2, -0.15) is 0 Å². The molecule has 0 atom stereocenters. The van der Waals surface area contributed by atoms with Crippen molar-refractivity contribution >= 4 is 11.4 Å². The fourth-order valence-electron chi connectivity index (χ4n) is 2.96. The van der Waals surface area contributed by atoms with Crippen LogP contribution in [0.25, 0.3) is 0 Å². The summed E-state index contributed by atoms with van der Waals surface area (Å²) in [6.45, 7) is 2.15. The van der Waals surface area contributed by atoms with E-state index in [1.807, 2.05) is 18.2 Å². The highest BCUT2D eigenvalue weighted by atomic mass is 16.5. The second-order valence-corrected chi connectivity index (χ2v) is 5.58. The SMILES string of the molecule is COc1ccc(CCN2CCCc3ccc(N)cc32)cc1. The van der Waals surface area contributed by atoms with Gasteiger partial charge >= 0.3 is 0 Å². The fourth-order valence-corrected chi connectivity index (χ4v) is 2.96. The van der Waals surface area contributed by atoms with E-state index in [9.17, 15) is 0 Å². The molecule has 0 amide bonds. The summed E-state index contributed by atoms with van der Waals surface area (Å²) in [5, 5.41) is 0. The van der Waals surface area contributed by atoms with E-state index in [4.69, 9.17) is 10.5 Å². The molecule has 3 nitrogen and oxygen atoms in total. The van der Waals surface area contributed by atoms with Crippen molar-refractivity contribution in [2.45, 2.75) is 19.3 Å². The molecule has 2 aromatic carbocycles. The van der Waals surface area contributed by atoms with Gasteiger partial charge in [0.1, 0.15) is 5.75 Å². The van der Waals surface area contributed by atoms with Crippen molar-refractivity contribution in [3.8, 4) is 5.75 Å². The van der Waals surface area contributed by atoms with Gasteiger partial charge in [-0.15, -0.1) is 0 Å². The van der Waals surface area contributed by atoms with Crippen molar-refractivity contribution in [2.24, 2.45) is 0 Å². The van der Waals surface area contributed by atoms with Crippen LogP contribution in [0.2, 0.25) is 0 Å². The van der Waals surface area contributed by atoms with Gasteiger partial charge in [0.05, 0.1) is 7.11 Å². The summed E-state index contributed by atoms with van der Waals surface area (Å²) in [6, 6.07) is 14.6. The van der Waals surface area contributed by atoms with Crippen LogP contribution in [0.5, 0.6) is 5.75 Å². The number of ether oxygens (including phenoxy) is 1. The molecule has 0 unspecified atom stereocenters. The summed E-state index contributed by atoms with van der Waals surface area (Å²) < 4.78 is 5.20. The monoisotopic (exact) mass is 282 g/mol. The van der Waals surface area contributed by atoms with Crippen LogP contribution in [-0.4, -0.2) is 20.2 Å². The van der Waals surface area contributed by atoms with Gasteiger partial charge in [0.2, 0.25) is 0 Å². The number of rotatable bonds is 4. The molecule has 2 aromatic rings. The average molecular weight is 282 g/mol. The Labute approximate surface area is 126 Å². The van der Waals surface area contributed by atoms with Gasteiger partial charge in [-0.25, -0.2) is 0 Å². The third-order valence-corrected chi connectivity index (χ3v) is 4.15. The number of hydrogen-bond acceptors (Lipinski definition) is 3. The quantitative estimate of drug-likeness (QED) is 0.875. The van der Waals surface area contributed by atoms with Gasteiger partial charge in [-0.3, -0.25) is 0 Å². The van der Waals surface area contributed by atoms with Crippen LogP contribution in [0.1, 0.15) is 17.5 Å². The Balaban J connectivity index is 1.70. The summed E-state index contributed by atoms with van der Waals surface area (Å²) in [5.41, 5.74) is 10.9. The molecule has 0 spiro atoms. The maximum Gasteiger partial charge on any atom is 0.118 e. The number of methoxy groups -OCH3 is 1. The summed E-state index contributed by atoms with van der Waals surface area (Å²) in [5.74, 6) is 0.912. The first-order valence-corrected chi connectivity index (χ1v) is 7.52. The molecule has 0 saturated carbocycles. The zero-order valence-electron chi connectivity index (χ0n) is 12.5. The van der Waals surface area contributed by atoms with Crippen molar-refractivity contribution in [1.29, 1.82) is 0 Å². The smallest absolute Gasteiger partial charge is 0.118 e. The van der Waals surface area contributed by atoms with Crippen molar-refractivity contribution < 1.29 is 4.74 Å². The highest BCUT2D eigenvalue weighted by Crippen LogP contribution is 2.29. The Bertz CT molecular complexity index is 607. The maximum atomic E-state index is 5.94. The first-order valence-electron chi connectivity index (χ1n) is 7.52. The zero-order valence-corrected chi connectivity index (χ0v) is 12.5. The lowest BCUT2D eigenvalue weighted by atomic mass is 10.0. The molecule has 0 fully saturated rings. The zero-order chi connectivity index (χ0) is 14.7. The highest BCUT2D eigenvalue weighted by Gasteiger charge is 2.16. The molecule has 1 aliphatic rings. The molecule has 3 rings (SSSR count). The van der Waals surface area contributed by atoms with Crippen LogP contribution in [-0.2, 0) is 12.8 Å². The number of hydrogen-bond donors (Lipinski definition) is 1. The number of nitrogens with zero attached hydrogens (tertiary/aromatic N) is 1. The molecule has 0 aliphatic carbocycles. The van der Waals surface area contributed by atoms with E-state index in [0.717, 1.165) is 37.4 Å². The number of benzene rings is 2. The molecular weight excluding hydrogens is 260 g/mol. The molecule has 1 heterocycles. The summed E-state index contributed by atoms with van der Waals surface area (Å²) >= 11 is 0. The second-order valence-electron chi connectivity index (χ2n) is 5.58. The molecule has 0 saturated heterocycles. The van der Waals surface area contributed by atoms with Gasteiger partial charge in [0, 0.05) is 24.5 Å². The summed E-state index contributed by atoms with van der Waals surface area (Å²) in [6.07, 6.45) is 3.42. The number of nitrogens with two attached hydrogens (primary N) is 1. The summed E-state index contributed by atoms with van der Waals surface area (Å²) in [7, 11) is 1.70. The topological polar surface area (TPSA) is 38.5 Å². The largest absolute Gasteiger partial charge is 0.497 e. The third-order valence-electron chi connectivity index (χ3n) is 4.15. The Morgan fingerprint density at radius 2 is 1.95 bits per heavy atom. The van der Waals surface area contributed by atoms with Gasteiger partial charge in [-0.1, -0.05) is 18.2 Å². The first kappa shape index (κ1) is 13.8. The molecule has 3 heteroatoms. The molecule has 1 aliphatic heterocycles. The van der Waals surface area contributed by atoms with Crippen LogP contribution in [0, 0.1) is 0 Å². The van der Waals surface area contributed by atoms with E-state index in [0.29, 0.717) is 0 Å². The number of anilines is 2. The summed E-state index contributed by atoms with van der Waals surface area (Å²) in [4.78, 5) is 2.46. The van der Waals surface area contributed by atoms with E-state index < -0.39 is 0 Å². The van der Waals surface area contributed by atoms with E-state index in [-0.39, 0.29) is 0 Å². The second kappa shape index (κ2) is 6.08. The Morgan fingerprint density at radius 3 is 2.71 bits per heavy atom. The normalized spacial score (nSPS) is 13.9. The van der Waals surface area contributed by atoms with Gasteiger partial charge in [0.25, 0.3) is 0 Å². The molecular formula is C18H22N2O. The van der Waals surface area contributed by atoms with E-state index in [1.54, 1.807) is 7.11 Å². The molecule has 0 aromatic heterocycles. The van der Waals surface area contributed by atoms with Crippen molar-refractivity contribution in [2.75, 3.05) is 30.8 Å². The average Bonchev–Trinajstić information content (AvgIpc) is 2.53. The lowest BCUT2D eigenvalue weighted by Crippen LogP contribution is -2.31. The molecule has 0 radical (unpaired) electrons. The minimum atomic E-state index is 0.852. The van der Waals surface area contributed by atoms with Crippen LogP contribution < -0.4 is 15.4 Å². The lowest BCUT2D eigenvalue weighted by molar-refractivity contribution is 0.414. The first-order chi connectivity index (χ1) is 10.3. The van der Waals surface area contributed by atoms with Crippen molar-refractivity contribution in [3.05, 3.63) is 53.6 Å². The molecule has 0 bridgehead atoms. The number of aryl methyl sites for hydroxylation is 1. The van der Waals surface area contributed by atoms with Crippen molar-refractivity contribution in [3.63, 3.8) is 0 Å². The van der Waals surface area contributed by atoms with Crippen molar-refractivity contribution in [1.82, 2.24) is 0 Å². The lowest BCUT2D eigenvalue weighted by Gasteiger charge is -2.31. The minimum Gasteiger partial charge on any atom is -0.497 e. The molecule has 2 N–H and O–H groups in total. The predicted molar refractivity (Wildman–Crippen MR) is 88.1 cm³/mol. The third kappa shape index (κ3) is 3.13. The number of fused-ring (bicyclic) bond motifs is 1. The van der Waals surface area contributed by atoms with Gasteiger partial charge < -0.3 is 15.4 Å². The van der Waals surface area contributed by atoms with E-state index in [1.165, 1.54) is 23.2 Å².